The molecule has 1 fully saturated rings. The number of rotatable bonds is 2. The van der Waals surface area contributed by atoms with Crippen molar-refractivity contribution in [3.05, 3.63) is 47.7 Å². The number of nitrogens with zero attached hydrogens (tertiary/aromatic N) is 4. The molecule has 1 aliphatic rings. The van der Waals surface area contributed by atoms with Crippen LogP contribution in [0.2, 0.25) is 0 Å². The molecule has 1 saturated heterocycles. The molecule has 24 heavy (non-hydrogen) atoms. The number of hydrogen-bond donors (Lipinski definition) is 1. The number of fused-ring (bicyclic) bond motifs is 1. The number of aromatic amines is 1. The van der Waals surface area contributed by atoms with Crippen molar-refractivity contribution in [1.82, 2.24) is 24.6 Å². The maximum atomic E-state index is 13.0. The van der Waals surface area contributed by atoms with Gasteiger partial charge in [-0.1, -0.05) is 18.2 Å². The standard InChI is InChI=1S/C18H21N5O/c1-12-10-22(2)17(19-12)13-6-5-9-23(11-13)18(24)16-14-7-3-4-8-15(14)20-21-16/h3-4,7-8,10,13H,5-6,9,11H2,1-2H3,(H,20,21)/t13-/m0/s1. The van der Waals surface area contributed by atoms with Crippen molar-refractivity contribution in [2.75, 3.05) is 13.1 Å². The van der Waals surface area contributed by atoms with Crippen molar-refractivity contribution in [1.29, 1.82) is 0 Å². The molecule has 0 aliphatic carbocycles. The summed E-state index contributed by atoms with van der Waals surface area (Å²) in [4.78, 5) is 19.5. The van der Waals surface area contributed by atoms with Gasteiger partial charge in [-0.3, -0.25) is 9.89 Å². The molecule has 0 unspecified atom stereocenters. The Morgan fingerprint density at radius 2 is 2.17 bits per heavy atom. The van der Waals surface area contributed by atoms with Crippen LogP contribution in [0.1, 0.15) is 40.8 Å². The number of para-hydroxylation sites is 1. The summed E-state index contributed by atoms with van der Waals surface area (Å²) in [6, 6.07) is 7.75. The van der Waals surface area contributed by atoms with E-state index in [1.807, 2.05) is 49.3 Å². The summed E-state index contributed by atoms with van der Waals surface area (Å²) in [6.07, 6.45) is 4.09. The van der Waals surface area contributed by atoms with E-state index in [0.29, 0.717) is 12.2 Å². The number of imidazole rings is 1. The number of aromatic nitrogens is 4. The quantitative estimate of drug-likeness (QED) is 0.788. The first kappa shape index (κ1) is 14.9. The van der Waals surface area contributed by atoms with Crippen molar-refractivity contribution in [3.63, 3.8) is 0 Å². The molecule has 0 saturated carbocycles. The second-order valence-electron chi connectivity index (χ2n) is 6.56. The van der Waals surface area contributed by atoms with Crippen LogP contribution in [-0.2, 0) is 7.05 Å². The predicted molar refractivity (Wildman–Crippen MR) is 91.9 cm³/mol. The van der Waals surface area contributed by atoms with E-state index in [-0.39, 0.29) is 11.8 Å². The Kier molecular flexibility index (Phi) is 3.59. The summed E-state index contributed by atoms with van der Waals surface area (Å²) in [6.45, 7) is 3.48. The molecule has 1 aromatic carbocycles. The number of hydrogen-bond acceptors (Lipinski definition) is 3. The highest BCUT2D eigenvalue weighted by Gasteiger charge is 2.29. The van der Waals surface area contributed by atoms with Gasteiger partial charge in [-0.25, -0.2) is 4.98 Å². The first-order valence-corrected chi connectivity index (χ1v) is 8.35. The van der Waals surface area contributed by atoms with Crippen LogP contribution in [0.4, 0.5) is 0 Å². The minimum absolute atomic E-state index is 0.00285. The smallest absolute Gasteiger partial charge is 0.275 e. The molecule has 6 nitrogen and oxygen atoms in total. The second-order valence-corrected chi connectivity index (χ2v) is 6.56. The fourth-order valence-electron chi connectivity index (χ4n) is 3.66. The normalized spacial score (nSPS) is 18.2. The van der Waals surface area contributed by atoms with Gasteiger partial charge in [0.2, 0.25) is 0 Å². The van der Waals surface area contributed by atoms with E-state index in [1.54, 1.807) is 0 Å². The lowest BCUT2D eigenvalue weighted by Crippen LogP contribution is -2.40. The SMILES string of the molecule is Cc1cn(C)c([C@H]2CCCN(C(=O)c3n[nH]c4ccccc34)C2)n1. The van der Waals surface area contributed by atoms with Crippen LogP contribution >= 0.6 is 0 Å². The van der Waals surface area contributed by atoms with Gasteiger partial charge in [-0.15, -0.1) is 0 Å². The fourth-order valence-corrected chi connectivity index (χ4v) is 3.66. The van der Waals surface area contributed by atoms with E-state index in [9.17, 15) is 4.79 Å². The van der Waals surface area contributed by atoms with E-state index in [0.717, 1.165) is 41.8 Å². The molecule has 0 spiro atoms. The van der Waals surface area contributed by atoms with Gasteiger partial charge in [-0.05, 0) is 25.8 Å². The summed E-state index contributed by atoms with van der Waals surface area (Å²) < 4.78 is 2.08. The lowest BCUT2D eigenvalue weighted by atomic mass is 9.96. The van der Waals surface area contributed by atoms with Crippen molar-refractivity contribution in [2.24, 2.45) is 7.05 Å². The van der Waals surface area contributed by atoms with E-state index in [1.165, 1.54) is 0 Å². The van der Waals surface area contributed by atoms with Crippen LogP contribution in [0.5, 0.6) is 0 Å². The van der Waals surface area contributed by atoms with Gasteiger partial charge in [0.05, 0.1) is 11.2 Å². The molecule has 0 radical (unpaired) electrons. The van der Waals surface area contributed by atoms with Gasteiger partial charge >= 0.3 is 0 Å². The molecule has 6 heteroatoms. The molecule has 1 atom stereocenters. The van der Waals surface area contributed by atoms with Crippen molar-refractivity contribution >= 4 is 16.8 Å². The number of nitrogens with one attached hydrogen (secondary N) is 1. The summed E-state index contributed by atoms with van der Waals surface area (Å²) >= 11 is 0. The molecule has 0 bridgehead atoms. The zero-order valence-electron chi connectivity index (χ0n) is 14.0. The zero-order chi connectivity index (χ0) is 16.7. The van der Waals surface area contributed by atoms with Crippen LogP contribution in [0.3, 0.4) is 0 Å². The lowest BCUT2D eigenvalue weighted by Gasteiger charge is -2.32. The van der Waals surface area contributed by atoms with Gasteiger partial charge in [0.25, 0.3) is 5.91 Å². The molecule has 3 heterocycles. The molecule has 124 valence electrons. The molecule has 1 aliphatic heterocycles. The average Bonchev–Trinajstić information content (AvgIpc) is 3.17. The third-order valence-electron chi connectivity index (χ3n) is 4.78. The number of benzene rings is 1. The van der Waals surface area contributed by atoms with E-state index in [2.05, 4.69) is 19.7 Å². The van der Waals surface area contributed by atoms with Crippen LogP contribution in [-0.4, -0.2) is 43.6 Å². The van der Waals surface area contributed by atoms with Gasteiger partial charge in [0.1, 0.15) is 5.82 Å². The minimum atomic E-state index is 0.00285. The Bertz CT molecular complexity index is 894. The highest BCUT2D eigenvalue weighted by Crippen LogP contribution is 2.27. The van der Waals surface area contributed by atoms with Crippen LogP contribution in [0, 0.1) is 6.92 Å². The van der Waals surface area contributed by atoms with Crippen molar-refractivity contribution in [2.45, 2.75) is 25.7 Å². The summed E-state index contributed by atoms with van der Waals surface area (Å²) in [7, 11) is 2.03. The number of carbonyl (C=O) groups excluding carboxylic acids is 1. The van der Waals surface area contributed by atoms with Crippen LogP contribution in [0.15, 0.2) is 30.5 Å². The summed E-state index contributed by atoms with van der Waals surface area (Å²) in [5, 5.41) is 8.09. The second kappa shape index (κ2) is 5.78. The molecule has 1 N–H and O–H groups in total. The van der Waals surface area contributed by atoms with E-state index < -0.39 is 0 Å². The number of carbonyl (C=O) groups is 1. The van der Waals surface area contributed by atoms with Gasteiger partial charge in [0, 0.05) is 37.6 Å². The summed E-state index contributed by atoms with van der Waals surface area (Å²) in [5.41, 5.74) is 2.44. The first-order chi connectivity index (χ1) is 11.6. The Balaban J connectivity index is 1.60. The number of amides is 1. The fraction of sp³-hybridized carbons (Fsp3) is 0.389. The largest absolute Gasteiger partial charge is 0.337 e. The third-order valence-corrected chi connectivity index (χ3v) is 4.78. The van der Waals surface area contributed by atoms with E-state index >= 15 is 0 Å². The number of H-pyrrole nitrogens is 1. The van der Waals surface area contributed by atoms with Gasteiger partial charge < -0.3 is 9.47 Å². The maximum absolute atomic E-state index is 13.0. The van der Waals surface area contributed by atoms with Crippen molar-refractivity contribution in [3.8, 4) is 0 Å². The lowest BCUT2D eigenvalue weighted by molar-refractivity contribution is 0.0699. The molecular formula is C18H21N5O. The molecule has 4 rings (SSSR count). The zero-order valence-corrected chi connectivity index (χ0v) is 14.0. The monoisotopic (exact) mass is 323 g/mol. The number of piperidine rings is 1. The predicted octanol–water partition coefficient (Wildman–Crippen LogP) is 2.62. The van der Waals surface area contributed by atoms with Crippen molar-refractivity contribution < 1.29 is 4.79 Å². The third kappa shape index (κ3) is 2.48. The maximum Gasteiger partial charge on any atom is 0.275 e. The Hall–Kier alpha value is -2.63. The summed E-state index contributed by atoms with van der Waals surface area (Å²) in [5.74, 6) is 1.35. The van der Waals surface area contributed by atoms with Gasteiger partial charge in [-0.2, -0.15) is 5.10 Å². The van der Waals surface area contributed by atoms with Crippen LogP contribution in [0.25, 0.3) is 10.9 Å². The minimum Gasteiger partial charge on any atom is -0.337 e. The molecule has 2 aromatic heterocycles. The molecule has 3 aromatic rings. The Labute approximate surface area is 140 Å². The molecule has 1 amide bonds. The highest BCUT2D eigenvalue weighted by molar-refractivity contribution is 6.04. The highest BCUT2D eigenvalue weighted by atomic mass is 16.2. The number of likely N-dealkylation sites (tertiary alicyclic amines) is 1. The number of aryl methyl sites for hydroxylation is 2. The first-order valence-electron chi connectivity index (χ1n) is 8.35. The topological polar surface area (TPSA) is 66.8 Å². The molecular weight excluding hydrogens is 302 g/mol. The van der Waals surface area contributed by atoms with E-state index in [4.69, 9.17) is 0 Å². The average molecular weight is 323 g/mol. The van der Waals surface area contributed by atoms with Crippen LogP contribution < -0.4 is 0 Å². The Morgan fingerprint density at radius 3 is 2.96 bits per heavy atom. The van der Waals surface area contributed by atoms with Gasteiger partial charge in [0.15, 0.2) is 5.69 Å². The Morgan fingerprint density at radius 1 is 1.33 bits per heavy atom.